The highest BCUT2D eigenvalue weighted by molar-refractivity contribution is 5.94. The predicted octanol–water partition coefficient (Wildman–Crippen LogP) is 2.77. The maximum atomic E-state index is 11.0. The number of carbonyl (C=O) groups is 1. The lowest BCUT2D eigenvalue weighted by atomic mass is 10.0. The van der Waals surface area contributed by atoms with Crippen molar-refractivity contribution in [3.05, 3.63) is 42.0 Å². The molecule has 0 unspecified atom stereocenters. The van der Waals surface area contributed by atoms with Crippen molar-refractivity contribution in [3.8, 4) is 28.4 Å². The van der Waals surface area contributed by atoms with Crippen LogP contribution < -0.4 is 9.47 Å². The molecule has 104 valence electrons. The van der Waals surface area contributed by atoms with Crippen molar-refractivity contribution in [1.82, 2.24) is 0 Å². The second-order valence-electron chi connectivity index (χ2n) is 4.08. The fourth-order valence-electron chi connectivity index (χ4n) is 1.95. The Kier molecular flexibility index (Phi) is 3.79. The molecule has 20 heavy (non-hydrogen) atoms. The van der Waals surface area contributed by atoms with Crippen LogP contribution in [0.15, 0.2) is 36.4 Å². The van der Waals surface area contributed by atoms with Gasteiger partial charge in [0.15, 0.2) is 11.5 Å². The van der Waals surface area contributed by atoms with E-state index in [0.717, 1.165) is 5.56 Å². The summed E-state index contributed by atoms with van der Waals surface area (Å²) in [6, 6.07) is 10.1. The van der Waals surface area contributed by atoms with Crippen LogP contribution >= 0.6 is 0 Å². The second kappa shape index (κ2) is 5.52. The van der Waals surface area contributed by atoms with Crippen LogP contribution in [0.1, 0.15) is 10.4 Å². The van der Waals surface area contributed by atoms with Gasteiger partial charge in [-0.2, -0.15) is 0 Å². The Bertz CT molecular complexity index is 631. The van der Waals surface area contributed by atoms with E-state index in [1.54, 1.807) is 37.4 Å². The fourth-order valence-corrected chi connectivity index (χ4v) is 1.95. The predicted molar refractivity (Wildman–Crippen MR) is 73.6 cm³/mol. The van der Waals surface area contributed by atoms with Gasteiger partial charge in [0, 0.05) is 5.56 Å². The van der Waals surface area contributed by atoms with E-state index < -0.39 is 5.97 Å². The van der Waals surface area contributed by atoms with E-state index in [1.165, 1.54) is 13.2 Å². The molecular formula is C15H14O5. The van der Waals surface area contributed by atoms with Crippen molar-refractivity contribution in [1.29, 1.82) is 0 Å². The Morgan fingerprint density at radius 2 is 1.65 bits per heavy atom. The molecular weight excluding hydrogens is 260 g/mol. The van der Waals surface area contributed by atoms with E-state index in [9.17, 15) is 9.90 Å². The molecule has 0 spiro atoms. The number of rotatable bonds is 4. The SMILES string of the molecule is COc1ccc(-c2ccc(C(=O)O)c(O)c2OC)cc1. The van der Waals surface area contributed by atoms with Gasteiger partial charge in [0.1, 0.15) is 11.3 Å². The van der Waals surface area contributed by atoms with Gasteiger partial charge in [-0.25, -0.2) is 4.79 Å². The average Bonchev–Trinajstić information content (AvgIpc) is 2.46. The van der Waals surface area contributed by atoms with Gasteiger partial charge in [0.2, 0.25) is 0 Å². The normalized spacial score (nSPS) is 10.1. The number of carboxylic acid groups (broad SMARTS) is 1. The number of ether oxygens (including phenoxy) is 2. The second-order valence-corrected chi connectivity index (χ2v) is 4.08. The van der Waals surface area contributed by atoms with Crippen LogP contribution in [0.25, 0.3) is 11.1 Å². The zero-order valence-electron chi connectivity index (χ0n) is 11.1. The van der Waals surface area contributed by atoms with Crippen molar-refractivity contribution in [2.75, 3.05) is 14.2 Å². The first kappa shape index (κ1) is 13.7. The molecule has 0 radical (unpaired) electrons. The summed E-state index contributed by atoms with van der Waals surface area (Å²) < 4.78 is 10.2. The molecule has 2 N–H and O–H groups in total. The molecule has 0 saturated carbocycles. The number of hydrogen-bond donors (Lipinski definition) is 2. The summed E-state index contributed by atoms with van der Waals surface area (Å²) in [5, 5.41) is 19.0. The van der Waals surface area contributed by atoms with E-state index in [0.29, 0.717) is 11.3 Å². The number of aromatic hydroxyl groups is 1. The van der Waals surface area contributed by atoms with E-state index in [-0.39, 0.29) is 17.1 Å². The molecule has 0 saturated heterocycles. The smallest absolute Gasteiger partial charge is 0.339 e. The highest BCUT2D eigenvalue weighted by Crippen LogP contribution is 2.40. The van der Waals surface area contributed by atoms with Gasteiger partial charge in [-0.15, -0.1) is 0 Å². The molecule has 0 fully saturated rings. The summed E-state index contributed by atoms with van der Waals surface area (Å²) >= 11 is 0. The third-order valence-electron chi connectivity index (χ3n) is 2.97. The number of benzene rings is 2. The summed E-state index contributed by atoms with van der Waals surface area (Å²) in [4.78, 5) is 11.0. The van der Waals surface area contributed by atoms with Crippen molar-refractivity contribution in [3.63, 3.8) is 0 Å². The Balaban J connectivity index is 2.56. The molecule has 2 aromatic carbocycles. The Hall–Kier alpha value is -2.69. The van der Waals surface area contributed by atoms with Crippen molar-refractivity contribution in [2.24, 2.45) is 0 Å². The number of phenols is 1. The van der Waals surface area contributed by atoms with Gasteiger partial charge in [-0.1, -0.05) is 12.1 Å². The van der Waals surface area contributed by atoms with Crippen LogP contribution in [0.2, 0.25) is 0 Å². The molecule has 0 amide bonds. The largest absolute Gasteiger partial charge is 0.504 e. The van der Waals surface area contributed by atoms with Gasteiger partial charge >= 0.3 is 5.97 Å². The summed E-state index contributed by atoms with van der Waals surface area (Å²) in [6.07, 6.45) is 0. The highest BCUT2D eigenvalue weighted by Gasteiger charge is 2.18. The van der Waals surface area contributed by atoms with Gasteiger partial charge < -0.3 is 19.7 Å². The Morgan fingerprint density at radius 1 is 1.00 bits per heavy atom. The molecule has 0 bridgehead atoms. The van der Waals surface area contributed by atoms with E-state index in [4.69, 9.17) is 14.6 Å². The summed E-state index contributed by atoms with van der Waals surface area (Å²) in [7, 11) is 2.96. The van der Waals surface area contributed by atoms with Crippen LogP contribution in [-0.4, -0.2) is 30.4 Å². The zero-order chi connectivity index (χ0) is 14.7. The van der Waals surface area contributed by atoms with E-state index in [1.807, 2.05) is 0 Å². The Morgan fingerprint density at radius 3 is 2.15 bits per heavy atom. The fraction of sp³-hybridized carbons (Fsp3) is 0.133. The molecule has 5 nitrogen and oxygen atoms in total. The minimum absolute atomic E-state index is 0.134. The highest BCUT2D eigenvalue weighted by atomic mass is 16.5. The minimum atomic E-state index is -1.21. The molecule has 0 aliphatic heterocycles. The van der Waals surface area contributed by atoms with Crippen molar-refractivity contribution in [2.45, 2.75) is 0 Å². The monoisotopic (exact) mass is 274 g/mol. The van der Waals surface area contributed by atoms with Gasteiger partial charge in [0.25, 0.3) is 0 Å². The third kappa shape index (κ3) is 2.38. The first-order valence-electron chi connectivity index (χ1n) is 5.86. The maximum Gasteiger partial charge on any atom is 0.339 e. The Labute approximate surface area is 116 Å². The van der Waals surface area contributed by atoms with Crippen molar-refractivity contribution < 1.29 is 24.5 Å². The van der Waals surface area contributed by atoms with Gasteiger partial charge in [-0.05, 0) is 29.8 Å². The number of methoxy groups -OCH3 is 2. The number of aromatic carboxylic acids is 1. The molecule has 0 aromatic heterocycles. The first-order chi connectivity index (χ1) is 9.58. The maximum absolute atomic E-state index is 11.0. The average molecular weight is 274 g/mol. The van der Waals surface area contributed by atoms with Crippen LogP contribution in [0.3, 0.4) is 0 Å². The quantitative estimate of drug-likeness (QED) is 0.896. The molecule has 0 aliphatic rings. The summed E-state index contributed by atoms with van der Waals surface area (Å²) in [6.45, 7) is 0. The lowest BCUT2D eigenvalue weighted by molar-refractivity contribution is 0.0693. The molecule has 0 aliphatic carbocycles. The van der Waals surface area contributed by atoms with E-state index >= 15 is 0 Å². The van der Waals surface area contributed by atoms with Crippen LogP contribution in [0, 0.1) is 0 Å². The van der Waals surface area contributed by atoms with Gasteiger partial charge in [-0.3, -0.25) is 0 Å². The molecule has 5 heteroatoms. The van der Waals surface area contributed by atoms with E-state index in [2.05, 4.69) is 0 Å². The van der Waals surface area contributed by atoms with Gasteiger partial charge in [0.05, 0.1) is 14.2 Å². The number of carboxylic acids is 1. The minimum Gasteiger partial charge on any atom is -0.504 e. The number of hydrogen-bond acceptors (Lipinski definition) is 4. The van der Waals surface area contributed by atoms with Crippen molar-refractivity contribution >= 4 is 5.97 Å². The third-order valence-corrected chi connectivity index (χ3v) is 2.97. The molecule has 2 rings (SSSR count). The molecule has 0 atom stereocenters. The first-order valence-corrected chi connectivity index (χ1v) is 5.86. The lowest BCUT2D eigenvalue weighted by Gasteiger charge is -2.12. The molecule has 2 aromatic rings. The zero-order valence-corrected chi connectivity index (χ0v) is 11.1. The molecule has 0 heterocycles. The summed E-state index contributed by atoms with van der Waals surface area (Å²) in [5.41, 5.74) is 1.20. The standard InChI is InChI=1S/C15H14O5/c1-19-10-5-3-9(4-6-10)11-7-8-12(15(17)18)13(16)14(11)20-2/h3-8,16H,1-2H3,(H,17,18). The summed E-state index contributed by atoms with van der Waals surface area (Å²) in [5.74, 6) is -0.746. The van der Waals surface area contributed by atoms with Crippen LogP contribution in [0.4, 0.5) is 0 Å². The topological polar surface area (TPSA) is 76.0 Å². The van der Waals surface area contributed by atoms with Crippen LogP contribution in [-0.2, 0) is 0 Å². The van der Waals surface area contributed by atoms with Crippen LogP contribution in [0.5, 0.6) is 17.2 Å². The lowest BCUT2D eigenvalue weighted by Crippen LogP contribution is -1.99.